The summed E-state index contributed by atoms with van der Waals surface area (Å²) >= 11 is 0. The number of esters is 1. The fourth-order valence-electron chi connectivity index (χ4n) is 1.60. The molecule has 0 heterocycles. The average Bonchev–Trinajstić information content (AvgIpc) is 2.47. The van der Waals surface area contributed by atoms with Crippen molar-refractivity contribution >= 4 is 17.3 Å². The number of methoxy groups -OCH3 is 2. The van der Waals surface area contributed by atoms with Crippen molar-refractivity contribution < 1.29 is 19.0 Å². The molecule has 0 aliphatic rings. The van der Waals surface area contributed by atoms with Gasteiger partial charge >= 0.3 is 5.97 Å². The summed E-state index contributed by atoms with van der Waals surface area (Å²) in [5.74, 6) is -0.436. The summed E-state index contributed by atoms with van der Waals surface area (Å²) < 4.78 is 14.9. The standard InChI is InChI=1S/C14H22N2O4/c1-18-8-9-20-7-3-6-16-11-4-5-13(15)12(10-11)14(17)19-2/h4-5,10,16H,3,6-9,15H2,1-2H3. The lowest BCUT2D eigenvalue weighted by Gasteiger charge is -2.10. The van der Waals surface area contributed by atoms with Gasteiger partial charge in [-0.25, -0.2) is 4.79 Å². The van der Waals surface area contributed by atoms with Gasteiger partial charge in [-0.15, -0.1) is 0 Å². The van der Waals surface area contributed by atoms with Crippen LogP contribution < -0.4 is 11.1 Å². The monoisotopic (exact) mass is 282 g/mol. The van der Waals surface area contributed by atoms with Crippen LogP contribution in [0.15, 0.2) is 18.2 Å². The van der Waals surface area contributed by atoms with Gasteiger partial charge < -0.3 is 25.3 Å². The normalized spacial score (nSPS) is 10.3. The fraction of sp³-hybridized carbons (Fsp3) is 0.500. The third-order valence-corrected chi connectivity index (χ3v) is 2.68. The Bertz CT molecular complexity index is 424. The maximum Gasteiger partial charge on any atom is 0.340 e. The summed E-state index contributed by atoms with van der Waals surface area (Å²) in [6, 6.07) is 5.20. The number of benzene rings is 1. The molecule has 0 fully saturated rings. The van der Waals surface area contributed by atoms with Crippen molar-refractivity contribution in [3.05, 3.63) is 23.8 Å². The van der Waals surface area contributed by atoms with Crippen LogP contribution in [0.3, 0.4) is 0 Å². The number of anilines is 2. The third kappa shape index (κ3) is 5.46. The molecule has 6 nitrogen and oxygen atoms in total. The van der Waals surface area contributed by atoms with E-state index in [1.165, 1.54) is 7.11 Å². The van der Waals surface area contributed by atoms with Crippen molar-refractivity contribution in [3.63, 3.8) is 0 Å². The molecule has 1 aromatic carbocycles. The lowest BCUT2D eigenvalue weighted by atomic mass is 10.1. The molecule has 0 aliphatic carbocycles. The fourth-order valence-corrected chi connectivity index (χ4v) is 1.60. The van der Waals surface area contributed by atoms with Crippen molar-refractivity contribution in [1.29, 1.82) is 0 Å². The Morgan fingerprint density at radius 2 is 2.05 bits per heavy atom. The minimum absolute atomic E-state index is 0.369. The molecule has 3 N–H and O–H groups in total. The Balaban J connectivity index is 2.35. The van der Waals surface area contributed by atoms with Crippen LogP contribution in [0, 0.1) is 0 Å². The molecule has 112 valence electrons. The Labute approximate surface area is 119 Å². The zero-order valence-corrected chi connectivity index (χ0v) is 12.0. The van der Waals surface area contributed by atoms with E-state index >= 15 is 0 Å². The van der Waals surface area contributed by atoms with Crippen LogP contribution in [0.5, 0.6) is 0 Å². The van der Waals surface area contributed by atoms with Crippen LogP contribution >= 0.6 is 0 Å². The summed E-state index contributed by atoms with van der Waals surface area (Å²) in [6.45, 7) is 2.62. The van der Waals surface area contributed by atoms with E-state index in [0.29, 0.717) is 31.1 Å². The van der Waals surface area contributed by atoms with E-state index in [2.05, 4.69) is 10.1 Å². The van der Waals surface area contributed by atoms with E-state index in [1.807, 2.05) is 6.07 Å². The molecule has 0 radical (unpaired) electrons. The van der Waals surface area contributed by atoms with Crippen LogP contribution in [-0.4, -0.2) is 46.6 Å². The summed E-state index contributed by atoms with van der Waals surface area (Å²) in [5, 5.41) is 3.21. The van der Waals surface area contributed by atoms with Gasteiger partial charge in [-0.3, -0.25) is 0 Å². The number of carbonyl (C=O) groups excluding carboxylic acids is 1. The van der Waals surface area contributed by atoms with Crippen molar-refractivity contribution in [2.45, 2.75) is 6.42 Å². The molecule has 0 amide bonds. The van der Waals surface area contributed by atoms with Gasteiger partial charge in [-0.2, -0.15) is 0 Å². The van der Waals surface area contributed by atoms with Gasteiger partial charge in [0.15, 0.2) is 0 Å². The first-order valence-electron chi connectivity index (χ1n) is 6.47. The number of nitrogen functional groups attached to an aromatic ring is 1. The van der Waals surface area contributed by atoms with Crippen molar-refractivity contribution in [1.82, 2.24) is 0 Å². The van der Waals surface area contributed by atoms with Gasteiger partial charge in [-0.05, 0) is 24.6 Å². The number of carbonyl (C=O) groups is 1. The van der Waals surface area contributed by atoms with Crippen LogP contribution in [0.1, 0.15) is 16.8 Å². The van der Waals surface area contributed by atoms with Gasteiger partial charge in [0.05, 0.1) is 25.9 Å². The van der Waals surface area contributed by atoms with Crippen molar-refractivity contribution in [2.24, 2.45) is 0 Å². The summed E-state index contributed by atoms with van der Waals surface area (Å²) in [7, 11) is 2.98. The van der Waals surface area contributed by atoms with Crippen molar-refractivity contribution in [2.75, 3.05) is 51.6 Å². The third-order valence-electron chi connectivity index (χ3n) is 2.68. The van der Waals surface area contributed by atoms with E-state index in [-0.39, 0.29) is 0 Å². The van der Waals surface area contributed by atoms with Crippen LogP contribution in [-0.2, 0) is 14.2 Å². The quantitative estimate of drug-likeness (QED) is 0.406. The first kappa shape index (κ1) is 16.3. The summed E-state index contributed by atoms with van der Waals surface area (Å²) in [6.07, 6.45) is 0.863. The van der Waals surface area contributed by atoms with E-state index in [0.717, 1.165) is 18.7 Å². The molecule has 0 saturated carbocycles. The molecule has 6 heteroatoms. The van der Waals surface area contributed by atoms with Crippen molar-refractivity contribution in [3.8, 4) is 0 Å². The smallest absolute Gasteiger partial charge is 0.340 e. The predicted octanol–water partition coefficient (Wildman–Crippen LogP) is 1.52. The zero-order chi connectivity index (χ0) is 14.8. The lowest BCUT2D eigenvalue weighted by molar-refractivity contribution is 0.0602. The van der Waals surface area contributed by atoms with E-state index in [1.54, 1.807) is 19.2 Å². The topological polar surface area (TPSA) is 82.8 Å². The Morgan fingerprint density at radius 1 is 1.25 bits per heavy atom. The summed E-state index contributed by atoms with van der Waals surface area (Å²) in [5.41, 5.74) is 7.34. The average molecular weight is 282 g/mol. The van der Waals surface area contributed by atoms with Gasteiger partial charge in [0, 0.05) is 31.6 Å². The van der Waals surface area contributed by atoms with E-state index in [4.69, 9.17) is 15.2 Å². The molecule has 0 aliphatic heterocycles. The number of ether oxygens (including phenoxy) is 3. The molecule has 0 saturated heterocycles. The molecule has 0 bridgehead atoms. The molecule has 20 heavy (non-hydrogen) atoms. The second-order valence-electron chi connectivity index (χ2n) is 4.18. The SMILES string of the molecule is COCCOCCCNc1ccc(N)c(C(=O)OC)c1. The van der Waals surface area contributed by atoms with Gasteiger partial charge in [0.25, 0.3) is 0 Å². The minimum atomic E-state index is -0.436. The Hall–Kier alpha value is -1.79. The highest BCUT2D eigenvalue weighted by Gasteiger charge is 2.10. The highest BCUT2D eigenvalue weighted by Crippen LogP contribution is 2.18. The van der Waals surface area contributed by atoms with Crippen LogP contribution in [0.25, 0.3) is 0 Å². The first-order chi connectivity index (χ1) is 9.69. The molecule has 0 aromatic heterocycles. The lowest BCUT2D eigenvalue weighted by Crippen LogP contribution is -2.10. The molecule has 0 atom stereocenters. The molecule has 0 spiro atoms. The maximum atomic E-state index is 11.5. The first-order valence-corrected chi connectivity index (χ1v) is 6.47. The maximum absolute atomic E-state index is 11.5. The van der Waals surface area contributed by atoms with Gasteiger partial charge in [-0.1, -0.05) is 0 Å². The number of nitrogens with one attached hydrogen (secondary N) is 1. The molecule has 1 aromatic rings. The molecular formula is C14H22N2O4. The molecular weight excluding hydrogens is 260 g/mol. The number of hydrogen-bond acceptors (Lipinski definition) is 6. The number of nitrogens with two attached hydrogens (primary N) is 1. The Morgan fingerprint density at radius 3 is 2.75 bits per heavy atom. The highest BCUT2D eigenvalue weighted by atomic mass is 16.5. The van der Waals surface area contributed by atoms with Gasteiger partial charge in [0.2, 0.25) is 0 Å². The van der Waals surface area contributed by atoms with Crippen LogP contribution in [0.2, 0.25) is 0 Å². The highest BCUT2D eigenvalue weighted by molar-refractivity contribution is 5.96. The van der Waals surface area contributed by atoms with E-state index < -0.39 is 5.97 Å². The minimum Gasteiger partial charge on any atom is -0.465 e. The van der Waals surface area contributed by atoms with E-state index in [9.17, 15) is 4.79 Å². The number of hydrogen-bond donors (Lipinski definition) is 2. The van der Waals surface area contributed by atoms with Gasteiger partial charge in [0.1, 0.15) is 0 Å². The summed E-state index contributed by atoms with van der Waals surface area (Å²) in [4.78, 5) is 11.5. The second-order valence-corrected chi connectivity index (χ2v) is 4.18. The Kier molecular flexibility index (Phi) is 7.46. The van der Waals surface area contributed by atoms with Crippen LogP contribution in [0.4, 0.5) is 11.4 Å². The second kappa shape index (κ2) is 9.17. The number of rotatable bonds is 9. The predicted molar refractivity (Wildman–Crippen MR) is 78.0 cm³/mol. The largest absolute Gasteiger partial charge is 0.465 e. The molecule has 1 rings (SSSR count). The zero-order valence-electron chi connectivity index (χ0n) is 12.0. The molecule has 0 unspecified atom stereocenters.